The summed E-state index contributed by atoms with van der Waals surface area (Å²) in [6.45, 7) is 0. The number of carbonyl (C=O) groups is 1. The minimum absolute atomic E-state index is 0.165. The lowest BCUT2D eigenvalue weighted by atomic mass is 10.2. The maximum atomic E-state index is 11.4. The van der Waals surface area contributed by atoms with Crippen LogP contribution in [-0.4, -0.2) is 30.1 Å². The monoisotopic (exact) mass is 235 g/mol. The van der Waals surface area contributed by atoms with Gasteiger partial charge in [0, 0.05) is 18.3 Å². The molecular weight excluding hydrogens is 218 g/mol. The second-order valence-electron chi connectivity index (χ2n) is 4.27. The van der Waals surface area contributed by atoms with Gasteiger partial charge in [0.25, 0.3) is 0 Å². The summed E-state index contributed by atoms with van der Waals surface area (Å²) in [6.07, 6.45) is 4.81. The highest BCUT2D eigenvalue weighted by molar-refractivity contribution is 5.89. The maximum Gasteiger partial charge on any atom is 0.338 e. The molecule has 5 heteroatoms. The molecular formula is C12H17N3O2. The van der Waals surface area contributed by atoms with Gasteiger partial charge in [-0.05, 0) is 31.4 Å². The number of ether oxygens (including phenoxy) is 1. The first-order valence-electron chi connectivity index (χ1n) is 5.77. The normalized spacial score (nSPS) is 23.4. The highest BCUT2D eigenvalue weighted by atomic mass is 16.5. The molecule has 1 heterocycles. The van der Waals surface area contributed by atoms with Gasteiger partial charge in [-0.15, -0.1) is 0 Å². The van der Waals surface area contributed by atoms with Gasteiger partial charge in [-0.25, -0.2) is 9.78 Å². The van der Waals surface area contributed by atoms with Crippen LogP contribution in [0, 0.1) is 0 Å². The topological polar surface area (TPSA) is 77.2 Å². The smallest absolute Gasteiger partial charge is 0.338 e. The summed E-state index contributed by atoms with van der Waals surface area (Å²) in [6, 6.07) is 3.73. The van der Waals surface area contributed by atoms with Gasteiger partial charge in [-0.2, -0.15) is 0 Å². The number of aromatic nitrogens is 1. The van der Waals surface area contributed by atoms with Crippen LogP contribution in [0.15, 0.2) is 18.3 Å². The Morgan fingerprint density at radius 1 is 1.59 bits per heavy atom. The van der Waals surface area contributed by atoms with Crippen molar-refractivity contribution in [2.24, 2.45) is 5.73 Å². The van der Waals surface area contributed by atoms with Crippen LogP contribution in [0.25, 0.3) is 0 Å². The Bertz CT molecular complexity index is 408. The van der Waals surface area contributed by atoms with E-state index in [2.05, 4.69) is 15.0 Å². The SMILES string of the molecule is COC(=O)c1ccnc(NC2CCCC2N)c1. The lowest BCUT2D eigenvalue weighted by Gasteiger charge is -2.17. The molecule has 92 valence electrons. The number of esters is 1. The molecule has 3 N–H and O–H groups in total. The van der Waals surface area contributed by atoms with E-state index in [0.717, 1.165) is 19.3 Å². The molecule has 1 aromatic rings. The first-order chi connectivity index (χ1) is 8.20. The average Bonchev–Trinajstić information content (AvgIpc) is 2.74. The molecule has 2 atom stereocenters. The first-order valence-corrected chi connectivity index (χ1v) is 5.77. The Balaban J connectivity index is 2.08. The summed E-state index contributed by atoms with van der Waals surface area (Å²) in [5.41, 5.74) is 6.47. The van der Waals surface area contributed by atoms with E-state index in [1.54, 1.807) is 18.3 Å². The van der Waals surface area contributed by atoms with Crippen LogP contribution in [0.5, 0.6) is 0 Å². The molecule has 5 nitrogen and oxygen atoms in total. The van der Waals surface area contributed by atoms with Crippen LogP contribution in [-0.2, 0) is 4.74 Å². The van der Waals surface area contributed by atoms with Crippen LogP contribution in [0.2, 0.25) is 0 Å². The fourth-order valence-corrected chi connectivity index (χ4v) is 2.11. The van der Waals surface area contributed by atoms with E-state index in [1.807, 2.05) is 0 Å². The van der Waals surface area contributed by atoms with E-state index in [-0.39, 0.29) is 18.1 Å². The van der Waals surface area contributed by atoms with E-state index in [0.29, 0.717) is 11.4 Å². The molecule has 0 radical (unpaired) electrons. The van der Waals surface area contributed by atoms with Crippen molar-refractivity contribution < 1.29 is 9.53 Å². The Labute approximate surface area is 100 Å². The first kappa shape index (κ1) is 11.9. The molecule has 1 aromatic heterocycles. The summed E-state index contributed by atoms with van der Waals surface area (Å²) in [7, 11) is 1.36. The number of pyridine rings is 1. The highest BCUT2D eigenvalue weighted by Gasteiger charge is 2.24. The lowest BCUT2D eigenvalue weighted by Crippen LogP contribution is -2.35. The predicted molar refractivity (Wildman–Crippen MR) is 64.8 cm³/mol. The molecule has 0 bridgehead atoms. The van der Waals surface area contributed by atoms with Crippen molar-refractivity contribution in [2.45, 2.75) is 31.3 Å². The van der Waals surface area contributed by atoms with Gasteiger partial charge < -0.3 is 15.8 Å². The number of anilines is 1. The van der Waals surface area contributed by atoms with Gasteiger partial charge in [0.05, 0.1) is 12.7 Å². The molecule has 0 saturated heterocycles. The van der Waals surface area contributed by atoms with Crippen molar-refractivity contribution >= 4 is 11.8 Å². The standard InChI is InChI=1S/C12H17N3O2/c1-17-12(16)8-5-6-14-11(7-8)15-10-4-2-3-9(10)13/h5-7,9-10H,2-4,13H2,1H3,(H,14,15). The summed E-state index contributed by atoms with van der Waals surface area (Å²) < 4.78 is 4.66. The Kier molecular flexibility index (Phi) is 3.58. The number of nitrogens with zero attached hydrogens (tertiary/aromatic N) is 1. The third-order valence-electron chi connectivity index (χ3n) is 3.08. The van der Waals surface area contributed by atoms with Gasteiger partial charge in [0.15, 0.2) is 0 Å². The largest absolute Gasteiger partial charge is 0.465 e. The Morgan fingerprint density at radius 3 is 3.06 bits per heavy atom. The third kappa shape index (κ3) is 2.74. The zero-order valence-corrected chi connectivity index (χ0v) is 9.85. The van der Waals surface area contributed by atoms with Gasteiger partial charge in [0.1, 0.15) is 5.82 Å². The number of methoxy groups -OCH3 is 1. The second-order valence-corrected chi connectivity index (χ2v) is 4.27. The minimum atomic E-state index is -0.355. The van der Waals surface area contributed by atoms with Crippen LogP contribution in [0.1, 0.15) is 29.6 Å². The van der Waals surface area contributed by atoms with Crippen molar-refractivity contribution in [1.82, 2.24) is 4.98 Å². The Morgan fingerprint density at radius 2 is 2.41 bits per heavy atom. The maximum absolute atomic E-state index is 11.4. The van der Waals surface area contributed by atoms with Gasteiger partial charge in [-0.1, -0.05) is 0 Å². The van der Waals surface area contributed by atoms with E-state index in [4.69, 9.17) is 5.73 Å². The molecule has 2 unspecified atom stereocenters. The van der Waals surface area contributed by atoms with Gasteiger partial charge in [0.2, 0.25) is 0 Å². The second kappa shape index (κ2) is 5.14. The average molecular weight is 235 g/mol. The fourth-order valence-electron chi connectivity index (χ4n) is 2.11. The van der Waals surface area contributed by atoms with Gasteiger partial charge in [-0.3, -0.25) is 0 Å². The predicted octanol–water partition coefficient (Wildman–Crippen LogP) is 1.16. The molecule has 1 aliphatic carbocycles. The van der Waals surface area contributed by atoms with E-state index in [1.165, 1.54) is 7.11 Å². The van der Waals surface area contributed by atoms with Crippen molar-refractivity contribution in [3.8, 4) is 0 Å². The molecule has 0 spiro atoms. The quantitative estimate of drug-likeness (QED) is 0.769. The number of hydrogen-bond acceptors (Lipinski definition) is 5. The lowest BCUT2D eigenvalue weighted by molar-refractivity contribution is 0.0600. The summed E-state index contributed by atoms with van der Waals surface area (Å²) in [4.78, 5) is 15.5. The molecule has 17 heavy (non-hydrogen) atoms. The number of nitrogens with two attached hydrogens (primary N) is 1. The van der Waals surface area contributed by atoms with Crippen LogP contribution in [0.4, 0.5) is 5.82 Å². The fraction of sp³-hybridized carbons (Fsp3) is 0.500. The van der Waals surface area contributed by atoms with E-state index < -0.39 is 0 Å². The number of carbonyl (C=O) groups excluding carboxylic acids is 1. The molecule has 1 aliphatic rings. The van der Waals surface area contributed by atoms with Gasteiger partial charge >= 0.3 is 5.97 Å². The van der Waals surface area contributed by atoms with Crippen molar-refractivity contribution in [3.63, 3.8) is 0 Å². The Hall–Kier alpha value is -1.62. The molecule has 0 aliphatic heterocycles. The summed E-state index contributed by atoms with van der Waals surface area (Å²) >= 11 is 0. The van der Waals surface area contributed by atoms with Crippen molar-refractivity contribution in [3.05, 3.63) is 23.9 Å². The molecule has 1 saturated carbocycles. The minimum Gasteiger partial charge on any atom is -0.465 e. The molecule has 0 aromatic carbocycles. The zero-order chi connectivity index (χ0) is 12.3. The van der Waals surface area contributed by atoms with Crippen LogP contribution in [0.3, 0.4) is 0 Å². The molecule has 0 amide bonds. The number of nitrogens with one attached hydrogen (secondary N) is 1. The number of hydrogen-bond donors (Lipinski definition) is 2. The highest BCUT2D eigenvalue weighted by Crippen LogP contribution is 2.21. The number of rotatable bonds is 3. The van der Waals surface area contributed by atoms with Crippen molar-refractivity contribution in [1.29, 1.82) is 0 Å². The van der Waals surface area contributed by atoms with E-state index in [9.17, 15) is 4.79 Å². The van der Waals surface area contributed by atoms with Crippen LogP contribution < -0.4 is 11.1 Å². The van der Waals surface area contributed by atoms with Crippen molar-refractivity contribution in [2.75, 3.05) is 12.4 Å². The summed E-state index contributed by atoms with van der Waals surface area (Å²) in [5, 5.41) is 3.27. The zero-order valence-electron chi connectivity index (χ0n) is 9.85. The third-order valence-corrected chi connectivity index (χ3v) is 3.08. The molecule has 1 fully saturated rings. The van der Waals surface area contributed by atoms with E-state index >= 15 is 0 Å². The molecule has 2 rings (SSSR count). The summed E-state index contributed by atoms with van der Waals surface area (Å²) in [5.74, 6) is 0.321. The van der Waals surface area contributed by atoms with Crippen LogP contribution >= 0.6 is 0 Å².